The number of rotatable bonds is 8. The summed E-state index contributed by atoms with van der Waals surface area (Å²) in [5.41, 5.74) is 2.25. The van der Waals surface area contributed by atoms with Gasteiger partial charge in [0.2, 0.25) is 11.8 Å². The van der Waals surface area contributed by atoms with Crippen molar-refractivity contribution in [2.75, 3.05) is 30.3 Å². The van der Waals surface area contributed by atoms with Crippen LogP contribution in [-0.4, -0.2) is 42.5 Å². The number of ether oxygens (including phenoxy) is 1. The first-order valence-corrected chi connectivity index (χ1v) is 10.6. The zero-order valence-corrected chi connectivity index (χ0v) is 18.0. The van der Waals surface area contributed by atoms with Gasteiger partial charge in [0.15, 0.2) is 0 Å². The van der Waals surface area contributed by atoms with Gasteiger partial charge in [0.05, 0.1) is 12.5 Å². The molecule has 0 bridgehead atoms. The number of likely N-dealkylation sites (tertiary alicyclic amines) is 1. The fraction of sp³-hybridized carbons (Fsp3) is 0.375. The highest BCUT2D eigenvalue weighted by molar-refractivity contribution is 5.97. The molecule has 1 aliphatic rings. The van der Waals surface area contributed by atoms with Gasteiger partial charge in [-0.25, -0.2) is 4.79 Å². The summed E-state index contributed by atoms with van der Waals surface area (Å²) in [6, 6.07) is 16.8. The van der Waals surface area contributed by atoms with Crippen molar-refractivity contribution in [2.24, 2.45) is 11.8 Å². The lowest BCUT2D eigenvalue weighted by Gasteiger charge is -2.16. The van der Waals surface area contributed by atoms with E-state index in [1.165, 1.54) is 5.56 Å². The van der Waals surface area contributed by atoms with E-state index in [1.54, 1.807) is 29.2 Å². The van der Waals surface area contributed by atoms with E-state index in [4.69, 9.17) is 4.74 Å². The Bertz CT molecular complexity index is 914. The SMILES string of the molecule is CC(C)COC(=O)Nc1cccc(NC(=O)C2CC(=O)N(CCc3ccccc3)C2)c1. The number of nitrogens with one attached hydrogen (secondary N) is 2. The van der Waals surface area contributed by atoms with Crippen LogP contribution in [0, 0.1) is 11.8 Å². The van der Waals surface area contributed by atoms with E-state index in [-0.39, 0.29) is 24.2 Å². The van der Waals surface area contributed by atoms with Gasteiger partial charge in [-0.2, -0.15) is 0 Å². The molecule has 7 nitrogen and oxygen atoms in total. The van der Waals surface area contributed by atoms with E-state index >= 15 is 0 Å². The summed E-state index contributed by atoms with van der Waals surface area (Å²) in [7, 11) is 0. The average molecular weight is 424 g/mol. The van der Waals surface area contributed by atoms with E-state index in [0.29, 0.717) is 31.1 Å². The molecule has 1 unspecified atom stereocenters. The molecule has 1 aliphatic heterocycles. The van der Waals surface area contributed by atoms with Gasteiger partial charge in [0, 0.05) is 30.9 Å². The lowest BCUT2D eigenvalue weighted by atomic mass is 10.1. The number of nitrogens with zero attached hydrogens (tertiary/aromatic N) is 1. The van der Waals surface area contributed by atoms with Crippen LogP contribution >= 0.6 is 0 Å². The summed E-state index contributed by atoms with van der Waals surface area (Å²) in [5, 5.41) is 5.50. The Labute approximate surface area is 182 Å². The molecule has 1 saturated heterocycles. The first kappa shape index (κ1) is 22.3. The van der Waals surface area contributed by atoms with Crippen molar-refractivity contribution in [1.29, 1.82) is 0 Å². The monoisotopic (exact) mass is 423 g/mol. The third-order valence-electron chi connectivity index (χ3n) is 5.02. The van der Waals surface area contributed by atoms with Gasteiger partial charge in [0.25, 0.3) is 0 Å². The summed E-state index contributed by atoms with van der Waals surface area (Å²) < 4.78 is 5.11. The maximum absolute atomic E-state index is 12.7. The number of amides is 3. The van der Waals surface area contributed by atoms with E-state index in [2.05, 4.69) is 10.6 Å². The molecule has 0 aromatic heterocycles. The molecule has 1 fully saturated rings. The van der Waals surface area contributed by atoms with Gasteiger partial charge >= 0.3 is 6.09 Å². The second-order valence-corrected chi connectivity index (χ2v) is 8.16. The van der Waals surface area contributed by atoms with Crippen molar-refractivity contribution in [3.63, 3.8) is 0 Å². The summed E-state index contributed by atoms with van der Waals surface area (Å²) in [6.45, 7) is 5.26. The molecule has 0 spiro atoms. The lowest BCUT2D eigenvalue weighted by Crippen LogP contribution is -2.30. The molecule has 2 aromatic rings. The van der Waals surface area contributed by atoms with E-state index in [9.17, 15) is 14.4 Å². The Morgan fingerprint density at radius 1 is 1.06 bits per heavy atom. The van der Waals surface area contributed by atoms with Crippen molar-refractivity contribution in [2.45, 2.75) is 26.7 Å². The highest BCUT2D eigenvalue weighted by atomic mass is 16.5. The van der Waals surface area contributed by atoms with Gasteiger partial charge in [-0.05, 0) is 36.1 Å². The number of hydrogen-bond donors (Lipinski definition) is 2. The molecule has 3 rings (SSSR count). The number of carbonyl (C=O) groups is 3. The molecular weight excluding hydrogens is 394 g/mol. The van der Waals surface area contributed by atoms with Crippen molar-refractivity contribution in [3.8, 4) is 0 Å². The highest BCUT2D eigenvalue weighted by Gasteiger charge is 2.34. The van der Waals surface area contributed by atoms with Gasteiger partial charge in [-0.3, -0.25) is 14.9 Å². The average Bonchev–Trinajstić information content (AvgIpc) is 3.12. The Hall–Kier alpha value is -3.35. The second-order valence-electron chi connectivity index (χ2n) is 8.16. The second kappa shape index (κ2) is 10.6. The van der Waals surface area contributed by atoms with Crippen LogP contribution in [0.3, 0.4) is 0 Å². The molecule has 31 heavy (non-hydrogen) atoms. The largest absolute Gasteiger partial charge is 0.449 e. The Kier molecular flexibility index (Phi) is 7.65. The van der Waals surface area contributed by atoms with Crippen LogP contribution < -0.4 is 10.6 Å². The third-order valence-corrected chi connectivity index (χ3v) is 5.02. The number of anilines is 2. The van der Waals surface area contributed by atoms with Gasteiger partial charge < -0.3 is 15.0 Å². The topological polar surface area (TPSA) is 87.7 Å². The number of benzene rings is 2. The molecule has 1 atom stereocenters. The van der Waals surface area contributed by atoms with Crippen LogP contribution in [0.2, 0.25) is 0 Å². The van der Waals surface area contributed by atoms with Crippen LogP contribution in [-0.2, 0) is 20.7 Å². The molecule has 164 valence electrons. The number of hydrogen-bond acceptors (Lipinski definition) is 4. The molecule has 0 aliphatic carbocycles. The minimum Gasteiger partial charge on any atom is -0.449 e. The van der Waals surface area contributed by atoms with E-state index in [1.807, 2.05) is 44.2 Å². The maximum Gasteiger partial charge on any atom is 0.411 e. The fourth-order valence-electron chi connectivity index (χ4n) is 3.39. The molecule has 7 heteroatoms. The van der Waals surface area contributed by atoms with Crippen LogP contribution in [0.4, 0.5) is 16.2 Å². The zero-order chi connectivity index (χ0) is 22.2. The summed E-state index contributed by atoms with van der Waals surface area (Å²) in [4.78, 5) is 38.6. The molecule has 2 N–H and O–H groups in total. The van der Waals surface area contributed by atoms with Gasteiger partial charge in [0.1, 0.15) is 0 Å². The van der Waals surface area contributed by atoms with Crippen molar-refractivity contribution in [3.05, 3.63) is 60.2 Å². The fourth-order valence-corrected chi connectivity index (χ4v) is 3.39. The normalized spacial score (nSPS) is 15.8. The Morgan fingerprint density at radius 2 is 1.77 bits per heavy atom. The quantitative estimate of drug-likeness (QED) is 0.674. The minimum absolute atomic E-state index is 0.000559. The standard InChI is InChI=1S/C24H29N3O4/c1-17(2)16-31-24(30)26-21-10-6-9-20(14-21)25-23(29)19-13-22(28)27(15-19)12-11-18-7-4-3-5-8-18/h3-10,14,17,19H,11-13,15-16H2,1-2H3,(H,25,29)(H,26,30). The summed E-state index contributed by atoms with van der Waals surface area (Å²) >= 11 is 0. The maximum atomic E-state index is 12.7. The third kappa shape index (κ3) is 6.84. The first-order chi connectivity index (χ1) is 14.9. The van der Waals surface area contributed by atoms with Crippen molar-refractivity contribution < 1.29 is 19.1 Å². The van der Waals surface area contributed by atoms with E-state index in [0.717, 1.165) is 6.42 Å². The minimum atomic E-state index is -0.535. The molecular formula is C24H29N3O4. The lowest BCUT2D eigenvalue weighted by molar-refractivity contribution is -0.128. The highest BCUT2D eigenvalue weighted by Crippen LogP contribution is 2.22. The van der Waals surface area contributed by atoms with Crippen LogP contribution in [0.15, 0.2) is 54.6 Å². The number of carbonyl (C=O) groups excluding carboxylic acids is 3. The smallest absolute Gasteiger partial charge is 0.411 e. The Morgan fingerprint density at radius 3 is 2.48 bits per heavy atom. The van der Waals surface area contributed by atoms with Crippen LogP contribution in [0.1, 0.15) is 25.8 Å². The summed E-state index contributed by atoms with van der Waals surface area (Å²) in [5.74, 6) is -0.344. The summed E-state index contributed by atoms with van der Waals surface area (Å²) in [6.07, 6.45) is 0.439. The first-order valence-electron chi connectivity index (χ1n) is 10.6. The molecule has 0 saturated carbocycles. The van der Waals surface area contributed by atoms with Crippen LogP contribution in [0.25, 0.3) is 0 Å². The molecule has 3 amide bonds. The van der Waals surface area contributed by atoms with Crippen LogP contribution in [0.5, 0.6) is 0 Å². The predicted molar refractivity (Wildman–Crippen MR) is 120 cm³/mol. The predicted octanol–water partition coefficient (Wildman–Crippen LogP) is 3.92. The molecule has 1 heterocycles. The van der Waals surface area contributed by atoms with E-state index < -0.39 is 12.0 Å². The Balaban J connectivity index is 1.50. The van der Waals surface area contributed by atoms with Crippen molar-refractivity contribution in [1.82, 2.24) is 4.90 Å². The zero-order valence-electron chi connectivity index (χ0n) is 18.0. The van der Waals surface area contributed by atoms with Gasteiger partial charge in [-0.1, -0.05) is 50.2 Å². The molecule has 2 aromatic carbocycles. The van der Waals surface area contributed by atoms with Gasteiger partial charge in [-0.15, -0.1) is 0 Å². The van der Waals surface area contributed by atoms with Crippen molar-refractivity contribution >= 4 is 29.3 Å². The molecule has 0 radical (unpaired) electrons.